The van der Waals surface area contributed by atoms with Gasteiger partial charge in [0.2, 0.25) is 5.91 Å². The number of amides is 3. The number of imide groups is 1. The van der Waals surface area contributed by atoms with Gasteiger partial charge in [-0.05, 0) is 13.8 Å². The summed E-state index contributed by atoms with van der Waals surface area (Å²) in [7, 11) is 0. The smallest absolute Gasteiger partial charge is 0.321 e. The fourth-order valence-electron chi connectivity index (χ4n) is 0.862. The van der Waals surface area contributed by atoms with E-state index in [1.807, 2.05) is 0 Å². The maximum Gasteiger partial charge on any atom is 0.321 e. The lowest BCUT2D eigenvalue weighted by atomic mass is 9.89. The van der Waals surface area contributed by atoms with Gasteiger partial charge < -0.3 is 10.4 Å². The first kappa shape index (κ1) is 15.3. The van der Waals surface area contributed by atoms with E-state index in [9.17, 15) is 23.2 Å². The molecule has 0 aliphatic rings. The fourth-order valence-corrected chi connectivity index (χ4v) is 0.862. The van der Waals surface area contributed by atoms with Gasteiger partial charge in [-0.15, -0.1) is 0 Å². The van der Waals surface area contributed by atoms with Crippen molar-refractivity contribution in [3.63, 3.8) is 0 Å². The van der Waals surface area contributed by atoms with Crippen molar-refractivity contribution in [1.29, 1.82) is 0 Å². The van der Waals surface area contributed by atoms with Gasteiger partial charge in [0.1, 0.15) is 0 Å². The molecule has 0 radical (unpaired) electrons. The highest BCUT2D eigenvalue weighted by Crippen LogP contribution is 2.19. The number of nitrogens with one attached hydrogen (secondary N) is 2. The molecule has 0 aliphatic heterocycles. The molecule has 0 bridgehead atoms. The molecule has 0 aliphatic carbocycles. The molecule has 8 heteroatoms. The highest BCUT2D eigenvalue weighted by Gasteiger charge is 2.30. The molecule has 0 unspecified atom stereocenters. The van der Waals surface area contributed by atoms with Crippen molar-refractivity contribution in [2.45, 2.75) is 26.7 Å². The minimum atomic E-state index is -2.72. The number of urea groups is 1. The summed E-state index contributed by atoms with van der Waals surface area (Å²) in [6.07, 6.45) is -3.14. The Bertz CT molecular complexity index is 318. The van der Waals surface area contributed by atoms with Crippen molar-refractivity contribution in [2.75, 3.05) is 6.54 Å². The molecule has 0 aromatic heterocycles. The van der Waals surface area contributed by atoms with Crippen LogP contribution in [0.1, 0.15) is 20.3 Å². The number of carboxylic acids is 1. The number of hydrogen-bond donors (Lipinski definition) is 3. The zero-order valence-electron chi connectivity index (χ0n) is 9.42. The maximum atomic E-state index is 11.7. The number of carbonyl (C=O) groups is 3. The second-order valence-electron chi connectivity index (χ2n) is 4.02. The van der Waals surface area contributed by atoms with Crippen LogP contribution in [0.2, 0.25) is 0 Å². The number of carboxylic acid groups (broad SMARTS) is 1. The Balaban J connectivity index is 4.10. The zero-order chi connectivity index (χ0) is 13.6. The van der Waals surface area contributed by atoms with Crippen LogP contribution < -0.4 is 10.6 Å². The van der Waals surface area contributed by atoms with Gasteiger partial charge >= 0.3 is 12.0 Å². The van der Waals surface area contributed by atoms with Crippen LogP contribution in [0.5, 0.6) is 0 Å². The minimum Gasteiger partial charge on any atom is -0.481 e. The van der Waals surface area contributed by atoms with Crippen molar-refractivity contribution >= 4 is 17.9 Å². The van der Waals surface area contributed by atoms with E-state index in [2.05, 4.69) is 0 Å². The highest BCUT2D eigenvalue weighted by molar-refractivity contribution is 5.96. The van der Waals surface area contributed by atoms with Crippen LogP contribution in [-0.4, -0.2) is 36.0 Å². The molecule has 0 heterocycles. The molecule has 0 rings (SSSR count). The number of alkyl halides is 2. The van der Waals surface area contributed by atoms with Crippen molar-refractivity contribution < 1.29 is 28.3 Å². The lowest BCUT2D eigenvalue weighted by molar-refractivity contribution is -0.149. The van der Waals surface area contributed by atoms with E-state index in [4.69, 9.17) is 5.11 Å². The Hall–Kier alpha value is -1.73. The van der Waals surface area contributed by atoms with Gasteiger partial charge in [-0.3, -0.25) is 14.9 Å². The van der Waals surface area contributed by atoms with Crippen LogP contribution in [0.25, 0.3) is 0 Å². The molecule has 0 aromatic rings. The first-order chi connectivity index (χ1) is 7.65. The maximum absolute atomic E-state index is 11.7. The molecule has 0 spiro atoms. The number of aliphatic carboxylic acids is 1. The van der Waals surface area contributed by atoms with Crippen molar-refractivity contribution in [3.05, 3.63) is 0 Å². The van der Waals surface area contributed by atoms with E-state index in [1.165, 1.54) is 13.8 Å². The third-order valence-electron chi connectivity index (χ3n) is 1.85. The van der Waals surface area contributed by atoms with E-state index in [0.717, 1.165) is 0 Å². The summed E-state index contributed by atoms with van der Waals surface area (Å²) >= 11 is 0. The SMILES string of the molecule is CC(C)(CC(=O)NC(=O)NCC(F)F)C(=O)O. The molecular formula is C9H14F2N2O4. The summed E-state index contributed by atoms with van der Waals surface area (Å²) < 4.78 is 23.4. The number of hydrogen-bond acceptors (Lipinski definition) is 3. The average Bonchev–Trinajstić information content (AvgIpc) is 2.13. The van der Waals surface area contributed by atoms with Crippen LogP contribution in [-0.2, 0) is 9.59 Å². The molecular weight excluding hydrogens is 238 g/mol. The van der Waals surface area contributed by atoms with E-state index < -0.39 is 42.7 Å². The Morgan fingerprint density at radius 3 is 2.24 bits per heavy atom. The summed E-state index contributed by atoms with van der Waals surface area (Å²) in [4.78, 5) is 32.8. The molecule has 98 valence electrons. The summed E-state index contributed by atoms with van der Waals surface area (Å²) in [6.45, 7) is 1.75. The van der Waals surface area contributed by atoms with Gasteiger partial charge in [-0.1, -0.05) is 0 Å². The third-order valence-corrected chi connectivity index (χ3v) is 1.85. The monoisotopic (exact) mass is 252 g/mol. The Morgan fingerprint density at radius 2 is 1.82 bits per heavy atom. The van der Waals surface area contributed by atoms with E-state index >= 15 is 0 Å². The molecule has 0 saturated heterocycles. The van der Waals surface area contributed by atoms with Gasteiger partial charge in [0.25, 0.3) is 6.43 Å². The number of carbonyl (C=O) groups excluding carboxylic acids is 2. The lowest BCUT2D eigenvalue weighted by Gasteiger charge is -2.17. The molecule has 0 aromatic carbocycles. The van der Waals surface area contributed by atoms with E-state index in [0.29, 0.717) is 0 Å². The first-order valence-corrected chi connectivity index (χ1v) is 4.74. The highest BCUT2D eigenvalue weighted by atomic mass is 19.3. The van der Waals surface area contributed by atoms with Gasteiger partial charge in [0, 0.05) is 6.42 Å². The summed E-state index contributed by atoms with van der Waals surface area (Å²) in [5.74, 6) is -2.04. The Kier molecular flexibility index (Phi) is 5.49. The zero-order valence-corrected chi connectivity index (χ0v) is 9.42. The summed E-state index contributed by atoms with van der Waals surface area (Å²) in [5, 5.41) is 12.2. The normalized spacial score (nSPS) is 11.1. The molecule has 3 amide bonds. The van der Waals surface area contributed by atoms with Crippen LogP contribution in [0.15, 0.2) is 0 Å². The van der Waals surface area contributed by atoms with Gasteiger partial charge in [-0.25, -0.2) is 13.6 Å². The molecule has 0 atom stereocenters. The topological polar surface area (TPSA) is 95.5 Å². The standard InChI is InChI=1S/C9H14F2N2O4/c1-9(2,7(15)16)3-6(14)13-8(17)12-4-5(10)11/h5H,3-4H2,1-2H3,(H,15,16)(H2,12,13,14,17). The number of rotatable bonds is 5. The first-order valence-electron chi connectivity index (χ1n) is 4.74. The minimum absolute atomic E-state index is 0.426. The van der Waals surface area contributed by atoms with Crippen molar-refractivity contribution in [3.8, 4) is 0 Å². The third kappa shape index (κ3) is 6.44. The van der Waals surface area contributed by atoms with Crippen LogP contribution in [0.4, 0.5) is 13.6 Å². The molecule has 3 N–H and O–H groups in total. The summed E-state index contributed by atoms with van der Waals surface area (Å²) in [5.41, 5.74) is -1.33. The van der Waals surface area contributed by atoms with Gasteiger partial charge in [0.05, 0.1) is 12.0 Å². The second kappa shape index (κ2) is 6.12. The summed E-state index contributed by atoms with van der Waals surface area (Å²) in [6, 6.07) is -1.07. The second-order valence-corrected chi connectivity index (χ2v) is 4.02. The van der Waals surface area contributed by atoms with Crippen LogP contribution >= 0.6 is 0 Å². The molecule has 17 heavy (non-hydrogen) atoms. The fraction of sp³-hybridized carbons (Fsp3) is 0.667. The average molecular weight is 252 g/mol. The number of halogens is 2. The molecule has 0 saturated carbocycles. The Morgan fingerprint density at radius 1 is 1.29 bits per heavy atom. The lowest BCUT2D eigenvalue weighted by Crippen LogP contribution is -2.43. The molecule has 0 fully saturated rings. The van der Waals surface area contributed by atoms with E-state index in [1.54, 1.807) is 10.6 Å². The predicted molar refractivity (Wildman–Crippen MR) is 53.6 cm³/mol. The largest absolute Gasteiger partial charge is 0.481 e. The van der Waals surface area contributed by atoms with E-state index in [-0.39, 0.29) is 0 Å². The van der Waals surface area contributed by atoms with Crippen LogP contribution in [0.3, 0.4) is 0 Å². The quantitative estimate of drug-likeness (QED) is 0.666. The van der Waals surface area contributed by atoms with Crippen molar-refractivity contribution in [2.24, 2.45) is 5.41 Å². The molecule has 6 nitrogen and oxygen atoms in total. The van der Waals surface area contributed by atoms with Crippen molar-refractivity contribution in [1.82, 2.24) is 10.6 Å². The predicted octanol–water partition coefficient (Wildman–Crippen LogP) is 0.578. The van der Waals surface area contributed by atoms with Crippen LogP contribution in [0, 0.1) is 5.41 Å². The van der Waals surface area contributed by atoms with Gasteiger partial charge in [-0.2, -0.15) is 0 Å². The Labute approximate surface area is 96.4 Å². The van der Waals surface area contributed by atoms with Gasteiger partial charge in [0.15, 0.2) is 0 Å².